The van der Waals surface area contributed by atoms with Gasteiger partial charge in [0.2, 0.25) is 15.9 Å². The van der Waals surface area contributed by atoms with Crippen LogP contribution in [-0.2, 0) is 26.0 Å². The van der Waals surface area contributed by atoms with E-state index in [1.165, 1.54) is 21.4 Å². The molecule has 3 N–H and O–H groups in total. The Morgan fingerprint density at radius 3 is 2.12 bits per heavy atom. The van der Waals surface area contributed by atoms with Gasteiger partial charge in [0.05, 0.1) is 23.6 Å². The summed E-state index contributed by atoms with van der Waals surface area (Å²) < 4.78 is 28.8. The Kier molecular flexibility index (Phi) is 13.4. The number of hydrogen-bond acceptors (Lipinski definition) is 6. The van der Waals surface area contributed by atoms with Gasteiger partial charge in [-0.1, -0.05) is 89.6 Å². The van der Waals surface area contributed by atoms with Crippen molar-refractivity contribution in [3.63, 3.8) is 0 Å². The lowest BCUT2D eigenvalue weighted by Crippen LogP contribution is -2.60. The number of benzene rings is 2. The molecule has 0 fully saturated rings. The Balaban J connectivity index is 2.53. The zero-order chi connectivity index (χ0) is 30.6. The highest BCUT2D eigenvalue weighted by molar-refractivity contribution is 7.89. The molecule has 0 aliphatic rings. The molecule has 0 saturated heterocycles. The minimum Gasteiger partial charge on any atom is -0.390 e. The number of hydrogen-bond donors (Lipinski definition) is 3. The van der Waals surface area contributed by atoms with Crippen molar-refractivity contribution in [1.29, 1.82) is 0 Å². The maximum atomic E-state index is 13.8. The number of sulfonamides is 1. The summed E-state index contributed by atoms with van der Waals surface area (Å²) in [5, 5.41) is 15.8. The van der Waals surface area contributed by atoms with Gasteiger partial charge in [-0.25, -0.2) is 13.4 Å². The summed E-state index contributed by atoms with van der Waals surface area (Å²) in [6.45, 7) is 9.81. The zero-order valence-corrected chi connectivity index (χ0v) is 26.2. The molecule has 0 heterocycles. The predicted octanol–water partition coefficient (Wildman–Crippen LogP) is 3.60. The van der Waals surface area contributed by atoms with Gasteiger partial charge in [0.1, 0.15) is 0 Å². The second-order valence-corrected chi connectivity index (χ2v) is 13.8. The van der Waals surface area contributed by atoms with E-state index in [2.05, 4.69) is 24.6 Å². The van der Waals surface area contributed by atoms with Gasteiger partial charge >= 0.3 is 0 Å². The van der Waals surface area contributed by atoms with Gasteiger partial charge in [-0.05, 0) is 48.9 Å². The largest absolute Gasteiger partial charge is 0.390 e. The summed E-state index contributed by atoms with van der Waals surface area (Å²) in [4.78, 5) is 26.5. The fourth-order valence-corrected chi connectivity index (χ4v) is 5.90. The molecule has 0 radical (unpaired) electrons. The van der Waals surface area contributed by atoms with Crippen LogP contribution in [0.15, 0.2) is 65.6 Å². The van der Waals surface area contributed by atoms with E-state index in [4.69, 9.17) is 0 Å². The summed E-state index contributed by atoms with van der Waals surface area (Å²) in [6.07, 6.45) is 0.534. The zero-order valence-electron chi connectivity index (χ0n) is 25.3. The average molecular weight is 589 g/mol. The topological polar surface area (TPSA) is 119 Å². The number of amides is 2. The number of carbonyl (C=O) groups excluding carboxylic acids is 2. The average Bonchev–Trinajstić information content (AvgIpc) is 2.92. The van der Waals surface area contributed by atoms with E-state index in [-0.39, 0.29) is 54.6 Å². The van der Waals surface area contributed by atoms with Gasteiger partial charge < -0.3 is 10.4 Å². The maximum Gasteiger partial charge on any atom is 0.252 e. The molecular weight excluding hydrogens is 540 g/mol. The van der Waals surface area contributed by atoms with Crippen molar-refractivity contribution in [2.75, 3.05) is 26.7 Å². The number of likely N-dealkylation sites (N-methyl/N-ethyl adjacent to an activating group) is 1. The summed E-state index contributed by atoms with van der Waals surface area (Å²) in [5.74, 6) is -0.518. The van der Waals surface area contributed by atoms with Gasteiger partial charge in [0, 0.05) is 19.5 Å². The van der Waals surface area contributed by atoms with Crippen LogP contribution in [-0.4, -0.2) is 73.5 Å². The first-order valence-electron chi connectivity index (χ1n) is 14.3. The summed E-state index contributed by atoms with van der Waals surface area (Å²) in [7, 11) is -2.31. The smallest absolute Gasteiger partial charge is 0.252 e. The molecule has 0 aromatic heterocycles. The molecule has 3 atom stereocenters. The molecule has 2 unspecified atom stereocenters. The Labute approximate surface area is 246 Å². The van der Waals surface area contributed by atoms with Crippen molar-refractivity contribution >= 4 is 21.8 Å². The minimum atomic E-state index is -3.94. The van der Waals surface area contributed by atoms with E-state index in [9.17, 15) is 23.1 Å². The molecule has 0 aliphatic carbocycles. The first-order chi connectivity index (χ1) is 19.3. The van der Waals surface area contributed by atoms with Gasteiger partial charge in [-0.2, -0.15) is 4.31 Å². The number of rotatable bonds is 15. The standard InChI is InChI=1S/C31H48N4O5S/c1-7-24(2)18-19-34(41(39,40)26-16-12-9-13-17-26)23-28(36)27(20-25-14-10-8-11-15-25)35(33-29(37)22-32-6)30(38)21-31(3,4)5/h8-17,24,27-28,32,36H,7,18-23H2,1-6H3,(H,33,37)/t24?,27?,28-/m1/s1. The van der Waals surface area contributed by atoms with E-state index in [1.54, 1.807) is 25.2 Å². The van der Waals surface area contributed by atoms with Crippen molar-refractivity contribution in [3.05, 3.63) is 66.2 Å². The van der Waals surface area contributed by atoms with Crippen molar-refractivity contribution in [2.45, 2.75) is 77.3 Å². The molecule has 0 saturated carbocycles. The maximum absolute atomic E-state index is 13.8. The highest BCUT2D eigenvalue weighted by atomic mass is 32.2. The number of carbonyl (C=O) groups is 2. The molecule has 2 rings (SSSR count). The fraction of sp³-hybridized carbons (Fsp3) is 0.548. The lowest BCUT2D eigenvalue weighted by Gasteiger charge is -2.38. The third kappa shape index (κ3) is 11.2. The van der Waals surface area contributed by atoms with Gasteiger partial charge in [0.15, 0.2) is 0 Å². The Morgan fingerprint density at radius 1 is 1.00 bits per heavy atom. The summed E-state index contributed by atoms with van der Waals surface area (Å²) >= 11 is 0. The molecule has 2 aromatic rings. The van der Waals surface area contributed by atoms with Gasteiger partial charge in [0.25, 0.3) is 5.91 Å². The second-order valence-electron chi connectivity index (χ2n) is 11.9. The number of nitrogens with one attached hydrogen (secondary N) is 2. The lowest BCUT2D eigenvalue weighted by atomic mass is 9.91. The normalized spacial score (nSPS) is 14.3. The van der Waals surface area contributed by atoms with Crippen LogP contribution in [0.3, 0.4) is 0 Å². The Morgan fingerprint density at radius 2 is 1.59 bits per heavy atom. The van der Waals surface area contributed by atoms with Crippen LogP contribution < -0.4 is 10.7 Å². The molecule has 0 aliphatic heterocycles. The summed E-state index contributed by atoms with van der Waals surface area (Å²) in [6, 6.07) is 16.6. The Bertz CT molecular complexity index is 1190. The quantitative estimate of drug-likeness (QED) is 0.274. The number of nitrogens with zero attached hydrogens (tertiary/aromatic N) is 2. The van der Waals surface area contributed by atoms with Crippen molar-refractivity contribution in [3.8, 4) is 0 Å². The third-order valence-corrected chi connectivity index (χ3v) is 8.82. The van der Waals surface area contributed by atoms with Crippen molar-refractivity contribution in [1.82, 2.24) is 20.1 Å². The van der Waals surface area contributed by atoms with Crippen LogP contribution in [0.1, 0.15) is 59.4 Å². The Hall–Kier alpha value is -2.79. The van der Waals surface area contributed by atoms with Crippen molar-refractivity contribution in [2.24, 2.45) is 11.3 Å². The molecular formula is C31H48N4O5S. The fourth-order valence-electron chi connectivity index (χ4n) is 4.41. The van der Waals surface area contributed by atoms with E-state index in [1.807, 2.05) is 51.1 Å². The van der Waals surface area contributed by atoms with Crippen LogP contribution in [0.25, 0.3) is 0 Å². The molecule has 41 heavy (non-hydrogen) atoms. The van der Waals surface area contributed by atoms with Gasteiger partial charge in [-0.15, -0.1) is 0 Å². The van der Waals surface area contributed by atoms with Crippen LogP contribution in [0.2, 0.25) is 0 Å². The van der Waals surface area contributed by atoms with Crippen LogP contribution in [0.5, 0.6) is 0 Å². The highest BCUT2D eigenvalue weighted by Gasteiger charge is 2.36. The monoisotopic (exact) mass is 588 g/mol. The molecule has 228 valence electrons. The number of hydrazine groups is 1. The van der Waals surface area contributed by atoms with Crippen molar-refractivity contribution < 1.29 is 23.1 Å². The number of aliphatic hydroxyl groups is 1. The van der Waals surface area contributed by atoms with E-state index in [0.29, 0.717) is 6.42 Å². The molecule has 9 nitrogen and oxygen atoms in total. The molecule has 0 bridgehead atoms. The molecule has 0 spiro atoms. The third-order valence-electron chi connectivity index (χ3n) is 6.94. The molecule has 2 aromatic carbocycles. The minimum absolute atomic E-state index is 0.0309. The van der Waals surface area contributed by atoms with E-state index < -0.39 is 28.1 Å². The molecule has 10 heteroatoms. The SMILES string of the molecule is CCC(C)CCN(C[C@@H](O)C(Cc1ccccc1)N(NC(=O)CNC)C(=O)CC(C)(C)C)S(=O)(=O)c1ccccc1. The van der Waals surface area contributed by atoms with E-state index >= 15 is 0 Å². The lowest BCUT2D eigenvalue weighted by molar-refractivity contribution is -0.149. The highest BCUT2D eigenvalue weighted by Crippen LogP contribution is 2.24. The van der Waals surface area contributed by atoms with Crippen LogP contribution in [0, 0.1) is 11.3 Å². The predicted molar refractivity (Wildman–Crippen MR) is 162 cm³/mol. The molecule has 2 amide bonds. The summed E-state index contributed by atoms with van der Waals surface area (Å²) in [5.41, 5.74) is 3.15. The first-order valence-corrected chi connectivity index (χ1v) is 15.8. The van der Waals surface area contributed by atoms with Gasteiger partial charge in [-0.3, -0.25) is 15.0 Å². The van der Waals surface area contributed by atoms with Crippen LogP contribution in [0.4, 0.5) is 0 Å². The van der Waals surface area contributed by atoms with Crippen LogP contribution >= 0.6 is 0 Å². The number of aliphatic hydroxyl groups excluding tert-OH is 1. The first kappa shape index (κ1) is 34.4. The second kappa shape index (κ2) is 16.0. The van der Waals surface area contributed by atoms with E-state index in [0.717, 1.165) is 12.0 Å².